The van der Waals surface area contributed by atoms with E-state index in [0.29, 0.717) is 12.1 Å². The molecule has 2 amide bonds. The summed E-state index contributed by atoms with van der Waals surface area (Å²) in [5, 5.41) is 0. The van der Waals surface area contributed by atoms with Crippen LogP contribution in [0, 0.1) is 0 Å². The quantitative estimate of drug-likeness (QED) is 0.746. The number of benzene rings is 1. The van der Waals surface area contributed by atoms with Gasteiger partial charge in [-0.05, 0) is 42.5 Å². The van der Waals surface area contributed by atoms with Crippen LogP contribution in [0.2, 0.25) is 0 Å². The minimum absolute atomic E-state index is 0.159. The summed E-state index contributed by atoms with van der Waals surface area (Å²) in [5.41, 5.74) is 8.89. The maximum Gasteiger partial charge on any atom is 0.260 e. The number of fused-ring (bicyclic) bond motifs is 1. The second-order valence-electron chi connectivity index (χ2n) is 5.11. The van der Waals surface area contributed by atoms with Gasteiger partial charge in [0, 0.05) is 24.6 Å². The Morgan fingerprint density at radius 3 is 2.78 bits per heavy atom. The van der Waals surface area contributed by atoms with Crippen molar-refractivity contribution in [3.8, 4) is 0 Å². The van der Waals surface area contributed by atoms with Gasteiger partial charge in [-0.25, -0.2) is 0 Å². The fourth-order valence-corrected chi connectivity index (χ4v) is 2.79. The molecule has 2 N–H and O–H groups in total. The van der Waals surface area contributed by atoms with Crippen molar-refractivity contribution in [2.45, 2.75) is 31.7 Å². The molecule has 94 valence electrons. The van der Waals surface area contributed by atoms with Crippen LogP contribution in [0.25, 0.3) is 0 Å². The molecule has 18 heavy (non-hydrogen) atoms. The highest BCUT2D eigenvalue weighted by Gasteiger charge is 2.32. The average molecular weight is 244 g/mol. The molecule has 1 saturated heterocycles. The molecule has 1 aliphatic carbocycles. The van der Waals surface area contributed by atoms with E-state index in [1.165, 1.54) is 16.0 Å². The minimum Gasteiger partial charge on any atom is -0.326 e. The van der Waals surface area contributed by atoms with E-state index in [1.807, 2.05) is 18.2 Å². The van der Waals surface area contributed by atoms with Crippen molar-refractivity contribution >= 4 is 11.8 Å². The van der Waals surface area contributed by atoms with E-state index in [-0.39, 0.29) is 24.3 Å². The fraction of sp³-hybridized carbons (Fsp3) is 0.429. The predicted molar refractivity (Wildman–Crippen MR) is 67.1 cm³/mol. The molecule has 4 heteroatoms. The topological polar surface area (TPSA) is 63.4 Å². The van der Waals surface area contributed by atoms with Crippen LogP contribution >= 0.6 is 0 Å². The van der Waals surface area contributed by atoms with Gasteiger partial charge in [0.05, 0.1) is 0 Å². The van der Waals surface area contributed by atoms with Gasteiger partial charge in [0.1, 0.15) is 0 Å². The maximum atomic E-state index is 12.3. The smallest absolute Gasteiger partial charge is 0.260 e. The third-order valence-electron chi connectivity index (χ3n) is 3.75. The molecule has 2 aliphatic rings. The van der Waals surface area contributed by atoms with Crippen molar-refractivity contribution in [3.63, 3.8) is 0 Å². The summed E-state index contributed by atoms with van der Waals surface area (Å²) in [6, 6.07) is 5.55. The van der Waals surface area contributed by atoms with Crippen molar-refractivity contribution in [3.05, 3.63) is 34.9 Å². The van der Waals surface area contributed by atoms with Gasteiger partial charge in [0.2, 0.25) is 5.91 Å². The van der Waals surface area contributed by atoms with E-state index in [9.17, 15) is 9.59 Å². The van der Waals surface area contributed by atoms with E-state index in [0.717, 1.165) is 19.3 Å². The van der Waals surface area contributed by atoms with Gasteiger partial charge in [-0.2, -0.15) is 0 Å². The van der Waals surface area contributed by atoms with E-state index < -0.39 is 0 Å². The number of carbonyl (C=O) groups excluding carboxylic acids is 2. The number of nitrogens with zero attached hydrogens (tertiary/aromatic N) is 1. The Bertz CT molecular complexity index is 525. The number of likely N-dealkylation sites (tertiary alicyclic amines) is 1. The first-order chi connectivity index (χ1) is 8.65. The summed E-state index contributed by atoms with van der Waals surface area (Å²) >= 11 is 0. The van der Waals surface area contributed by atoms with Gasteiger partial charge in [-0.3, -0.25) is 14.5 Å². The number of aryl methyl sites for hydroxylation is 2. The lowest BCUT2D eigenvalue weighted by Gasteiger charge is -2.14. The summed E-state index contributed by atoms with van der Waals surface area (Å²) in [5.74, 6) is -0.365. The van der Waals surface area contributed by atoms with Crippen LogP contribution in [-0.2, 0) is 17.6 Å². The highest BCUT2D eigenvalue weighted by atomic mass is 16.2. The maximum absolute atomic E-state index is 12.3. The van der Waals surface area contributed by atoms with Crippen molar-refractivity contribution in [1.29, 1.82) is 0 Å². The van der Waals surface area contributed by atoms with Crippen molar-refractivity contribution in [2.75, 3.05) is 6.54 Å². The van der Waals surface area contributed by atoms with Crippen LogP contribution in [0.4, 0.5) is 0 Å². The van der Waals surface area contributed by atoms with Gasteiger partial charge in [-0.15, -0.1) is 0 Å². The lowest BCUT2D eigenvalue weighted by molar-refractivity contribution is -0.125. The zero-order valence-corrected chi connectivity index (χ0v) is 10.2. The second kappa shape index (κ2) is 4.21. The standard InChI is InChI=1S/C14H16N2O2/c15-12-7-13(17)16(8-12)14(18)11-5-4-9-2-1-3-10(9)6-11/h4-6,12H,1-3,7-8,15H2. The zero-order valence-electron chi connectivity index (χ0n) is 10.2. The van der Waals surface area contributed by atoms with Gasteiger partial charge in [0.15, 0.2) is 0 Å². The minimum atomic E-state index is -0.212. The van der Waals surface area contributed by atoms with Gasteiger partial charge in [0.25, 0.3) is 5.91 Å². The molecular weight excluding hydrogens is 228 g/mol. The fourth-order valence-electron chi connectivity index (χ4n) is 2.79. The van der Waals surface area contributed by atoms with Crippen molar-refractivity contribution in [2.24, 2.45) is 5.73 Å². The van der Waals surface area contributed by atoms with Crippen LogP contribution in [0.15, 0.2) is 18.2 Å². The van der Waals surface area contributed by atoms with E-state index in [4.69, 9.17) is 5.73 Å². The third kappa shape index (κ3) is 1.82. The van der Waals surface area contributed by atoms with E-state index in [1.54, 1.807) is 0 Å². The second-order valence-corrected chi connectivity index (χ2v) is 5.11. The van der Waals surface area contributed by atoms with Crippen molar-refractivity contribution < 1.29 is 9.59 Å². The number of imide groups is 1. The van der Waals surface area contributed by atoms with Crippen LogP contribution in [0.5, 0.6) is 0 Å². The number of carbonyl (C=O) groups is 2. The molecular formula is C14H16N2O2. The Balaban J connectivity index is 1.86. The van der Waals surface area contributed by atoms with Gasteiger partial charge in [-0.1, -0.05) is 6.07 Å². The summed E-state index contributed by atoms with van der Waals surface area (Å²) in [4.78, 5) is 25.2. The average Bonchev–Trinajstić information content (AvgIpc) is 2.93. The first-order valence-corrected chi connectivity index (χ1v) is 6.37. The molecule has 1 aliphatic heterocycles. The number of rotatable bonds is 1. The Morgan fingerprint density at radius 2 is 2.06 bits per heavy atom. The molecule has 0 radical (unpaired) electrons. The Kier molecular flexibility index (Phi) is 2.67. The molecule has 0 spiro atoms. The number of amides is 2. The van der Waals surface area contributed by atoms with Crippen LogP contribution in [-0.4, -0.2) is 29.3 Å². The van der Waals surface area contributed by atoms with Gasteiger partial charge >= 0.3 is 0 Å². The monoisotopic (exact) mass is 244 g/mol. The summed E-state index contributed by atoms with van der Waals surface area (Å²) in [6.45, 7) is 0.342. The lowest BCUT2D eigenvalue weighted by atomic mass is 10.1. The first kappa shape index (κ1) is 11.4. The Labute approximate surface area is 106 Å². The number of nitrogens with two attached hydrogens (primary N) is 1. The molecule has 1 fully saturated rings. The summed E-state index contributed by atoms with van der Waals surface area (Å²) in [7, 11) is 0. The molecule has 1 unspecified atom stereocenters. The normalized spacial score (nSPS) is 22.4. The van der Waals surface area contributed by atoms with E-state index >= 15 is 0 Å². The number of hydrogen-bond donors (Lipinski definition) is 1. The van der Waals surface area contributed by atoms with Crippen LogP contribution in [0.1, 0.15) is 34.3 Å². The molecule has 0 saturated carbocycles. The highest BCUT2D eigenvalue weighted by Crippen LogP contribution is 2.24. The summed E-state index contributed by atoms with van der Waals surface area (Å²) < 4.78 is 0. The largest absolute Gasteiger partial charge is 0.326 e. The molecule has 1 aromatic carbocycles. The van der Waals surface area contributed by atoms with Crippen LogP contribution in [0.3, 0.4) is 0 Å². The third-order valence-corrected chi connectivity index (χ3v) is 3.75. The molecule has 1 aromatic rings. The molecule has 0 bridgehead atoms. The molecule has 4 nitrogen and oxygen atoms in total. The van der Waals surface area contributed by atoms with E-state index in [2.05, 4.69) is 0 Å². The SMILES string of the molecule is NC1CC(=O)N(C(=O)c2ccc3c(c2)CCC3)C1. The molecule has 3 rings (SSSR count). The predicted octanol–water partition coefficient (Wildman–Crippen LogP) is 0.875. The Hall–Kier alpha value is -1.68. The molecule has 1 heterocycles. The first-order valence-electron chi connectivity index (χ1n) is 6.37. The lowest BCUT2D eigenvalue weighted by Crippen LogP contribution is -2.34. The molecule has 0 aromatic heterocycles. The highest BCUT2D eigenvalue weighted by molar-refractivity contribution is 6.06. The molecule has 1 atom stereocenters. The number of hydrogen-bond acceptors (Lipinski definition) is 3. The summed E-state index contributed by atoms with van der Waals surface area (Å²) in [6.07, 6.45) is 3.55. The Morgan fingerprint density at radius 1 is 1.28 bits per heavy atom. The van der Waals surface area contributed by atoms with Crippen LogP contribution < -0.4 is 5.73 Å². The van der Waals surface area contributed by atoms with Crippen molar-refractivity contribution in [1.82, 2.24) is 4.90 Å². The van der Waals surface area contributed by atoms with Gasteiger partial charge < -0.3 is 5.73 Å². The zero-order chi connectivity index (χ0) is 12.7.